The van der Waals surface area contributed by atoms with Gasteiger partial charge in [0.05, 0.1) is 31.5 Å². The van der Waals surface area contributed by atoms with E-state index in [9.17, 15) is 4.79 Å². The molecule has 118 valence electrons. The van der Waals surface area contributed by atoms with Crippen molar-refractivity contribution in [1.82, 2.24) is 20.0 Å². The molecule has 0 spiro atoms. The standard InChI is InChI=1S/C15H26N4O2/c1-5-19-13(4)15(12(3)17-19)11(2)16-14(20)10-18-6-8-21-9-7-18/h11H,5-10H2,1-4H3,(H,16,20). The molecule has 1 aliphatic rings. The molecule has 1 saturated heterocycles. The summed E-state index contributed by atoms with van der Waals surface area (Å²) < 4.78 is 7.28. The van der Waals surface area contributed by atoms with Gasteiger partial charge in [0.2, 0.25) is 5.91 Å². The highest BCUT2D eigenvalue weighted by atomic mass is 16.5. The Balaban J connectivity index is 1.95. The van der Waals surface area contributed by atoms with Gasteiger partial charge in [-0.05, 0) is 27.7 Å². The lowest BCUT2D eigenvalue weighted by molar-refractivity contribution is -0.123. The summed E-state index contributed by atoms with van der Waals surface area (Å²) in [6, 6.07) is -0.0150. The van der Waals surface area contributed by atoms with Crippen LogP contribution in [0.15, 0.2) is 0 Å². The second kappa shape index (κ2) is 7.04. The average Bonchev–Trinajstić information content (AvgIpc) is 2.74. The minimum atomic E-state index is -0.0150. The van der Waals surface area contributed by atoms with E-state index in [-0.39, 0.29) is 11.9 Å². The SMILES string of the molecule is CCn1nc(C)c(C(C)NC(=O)CN2CCOCC2)c1C. The Labute approximate surface area is 126 Å². The quantitative estimate of drug-likeness (QED) is 0.881. The minimum Gasteiger partial charge on any atom is -0.379 e. The number of ether oxygens (including phenoxy) is 1. The van der Waals surface area contributed by atoms with E-state index in [0.717, 1.165) is 36.6 Å². The topological polar surface area (TPSA) is 59.4 Å². The maximum atomic E-state index is 12.2. The molecule has 1 aromatic heterocycles. The lowest BCUT2D eigenvalue weighted by atomic mass is 10.1. The second-order valence-corrected chi connectivity index (χ2v) is 5.58. The third kappa shape index (κ3) is 3.83. The van der Waals surface area contributed by atoms with Crippen LogP contribution in [0.25, 0.3) is 0 Å². The van der Waals surface area contributed by atoms with Crippen LogP contribution >= 0.6 is 0 Å². The Bertz CT molecular complexity index is 492. The predicted molar refractivity (Wildman–Crippen MR) is 81.2 cm³/mol. The molecule has 2 rings (SSSR count). The van der Waals surface area contributed by atoms with Crippen LogP contribution in [0.3, 0.4) is 0 Å². The van der Waals surface area contributed by atoms with Crippen molar-refractivity contribution in [2.45, 2.75) is 40.3 Å². The number of carbonyl (C=O) groups is 1. The number of morpholine rings is 1. The highest BCUT2D eigenvalue weighted by molar-refractivity contribution is 5.78. The first-order chi connectivity index (χ1) is 10.0. The van der Waals surface area contributed by atoms with Gasteiger partial charge in [0.1, 0.15) is 0 Å². The predicted octanol–water partition coefficient (Wildman–Crippen LogP) is 1.03. The number of hydrogen-bond donors (Lipinski definition) is 1. The fourth-order valence-electron chi connectivity index (χ4n) is 2.97. The van der Waals surface area contributed by atoms with Crippen LogP contribution in [0.2, 0.25) is 0 Å². The molecule has 6 heteroatoms. The van der Waals surface area contributed by atoms with Gasteiger partial charge >= 0.3 is 0 Å². The maximum absolute atomic E-state index is 12.2. The molecule has 1 unspecified atom stereocenters. The molecular formula is C15H26N4O2. The number of amides is 1. The third-order valence-corrected chi connectivity index (χ3v) is 4.02. The highest BCUT2D eigenvalue weighted by Crippen LogP contribution is 2.21. The van der Waals surface area contributed by atoms with Crippen LogP contribution in [-0.4, -0.2) is 53.4 Å². The lowest BCUT2D eigenvalue weighted by Gasteiger charge is -2.26. The molecule has 1 N–H and O–H groups in total. The summed E-state index contributed by atoms with van der Waals surface area (Å²) in [5.74, 6) is 0.0625. The summed E-state index contributed by atoms with van der Waals surface area (Å²) in [6.07, 6.45) is 0. The molecule has 1 aromatic rings. The molecule has 0 bridgehead atoms. The van der Waals surface area contributed by atoms with E-state index in [4.69, 9.17) is 4.74 Å². The van der Waals surface area contributed by atoms with Crippen LogP contribution in [0.5, 0.6) is 0 Å². The van der Waals surface area contributed by atoms with Crippen molar-refractivity contribution >= 4 is 5.91 Å². The normalized spacial score (nSPS) is 17.7. The van der Waals surface area contributed by atoms with Crippen molar-refractivity contribution in [1.29, 1.82) is 0 Å². The zero-order valence-corrected chi connectivity index (χ0v) is 13.5. The molecule has 1 aliphatic heterocycles. The van der Waals surface area contributed by atoms with Crippen molar-refractivity contribution < 1.29 is 9.53 Å². The van der Waals surface area contributed by atoms with E-state index < -0.39 is 0 Å². The fraction of sp³-hybridized carbons (Fsp3) is 0.733. The van der Waals surface area contributed by atoms with E-state index in [0.29, 0.717) is 19.8 Å². The van der Waals surface area contributed by atoms with Crippen molar-refractivity contribution in [3.05, 3.63) is 17.0 Å². The van der Waals surface area contributed by atoms with Crippen molar-refractivity contribution in [2.75, 3.05) is 32.8 Å². The highest BCUT2D eigenvalue weighted by Gasteiger charge is 2.20. The number of carbonyl (C=O) groups excluding carboxylic acids is 1. The summed E-state index contributed by atoms with van der Waals surface area (Å²) in [5.41, 5.74) is 3.26. The zero-order chi connectivity index (χ0) is 15.4. The van der Waals surface area contributed by atoms with E-state index >= 15 is 0 Å². The summed E-state index contributed by atoms with van der Waals surface area (Å²) >= 11 is 0. The molecule has 0 aromatic carbocycles. The van der Waals surface area contributed by atoms with Crippen molar-refractivity contribution in [2.24, 2.45) is 0 Å². The molecule has 1 amide bonds. The first-order valence-corrected chi connectivity index (χ1v) is 7.66. The maximum Gasteiger partial charge on any atom is 0.234 e. The molecule has 0 radical (unpaired) electrons. The van der Waals surface area contributed by atoms with Gasteiger partial charge < -0.3 is 10.1 Å². The number of hydrogen-bond acceptors (Lipinski definition) is 4. The van der Waals surface area contributed by atoms with E-state index in [1.807, 2.05) is 18.5 Å². The monoisotopic (exact) mass is 294 g/mol. The van der Waals surface area contributed by atoms with Gasteiger partial charge in [0.25, 0.3) is 0 Å². The molecular weight excluding hydrogens is 268 g/mol. The largest absolute Gasteiger partial charge is 0.379 e. The van der Waals surface area contributed by atoms with Crippen LogP contribution in [0.1, 0.15) is 36.8 Å². The Kier molecular flexibility index (Phi) is 5.36. The smallest absolute Gasteiger partial charge is 0.234 e. The summed E-state index contributed by atoms with van der Waals surface area (Å²) in [5, 5.41) is 7.60. The van der Waals surface area contributed by atoms with Gasteiger partial charge in [0, 0.05) is 30.9 Å². The molecule has 0 saturated carbocycles. The van der Waals surface area contributed by atoms with E-state index in [1.54, 1.807) is 0 Å². The molecule has 1 atom stereocenters. The van der Waals surface area contributed by atoms with Crippen LogP contribution in [0.4, 0.5) is 0 Å². The number of nitrogens with zero attached hydrogens (tertiary/aromatic N) is 3. The molecule has 2 heterocycles. The summed E-state index contributed by atoms with van der Waals surface area (Å²) in [7, 11) is 0. The second-order valence-electron chi connectivity index (χ2n) is 5.58. The fourth-order valence-corrected chi connectivity index (χ4v) is 2.97. The van der Waals surface area contributed by atoms with Gasteiger partial charge in [-0.2, -0.15) is 5.10 Å². The summed E-state index contributed by atoms with van der Waals surface area (Å²) in [6.45, 7) is 12.5. The first kappa shape index (κ1) is 16.0. The van der Waals surface area contributed by atoms with Crippen LogP contribution in [0, 0.1) is 13.8 Å². The third-order valence-electron chi connectivity index (χ3n) is 4.02. The van der Waals surface area contributed by atoms with Gasteiger partial charge in [-0.3, -0.25) is 14.4 Å². The Morgan fingerprint density at radius 1 is 1.38 bits per heavy atom. The molecule has 6 nitrogen and oxygen atoms in total. The zero-order valence-electron chi connectivity index (χ0n) is 13.5. The van der Waals surface area contributed by atoms with Crippen molar-refractivity contribution in [3.8, 4) is 0 Å². The van der Waals surface area contributed by atoms with Gasteiger partial charge in [-0.1, -0.05) is 0 Å². The van der Waals surface area contributed by atoms with E-state index in [1.165, 1.54) is 0 Å². The number of nitrogens with one attached hydrogen (secondary N) is 1. The van der Waals surface area contributed by atoms with E-state index in [2.05, 4.69) is 29.2 Å². The number of rotatable bonds is 5. The van der Waals surface area contributed by atoms with Crippen LogP contribution < -0.4 is 5.32 Å². The van der Waals surface area contributed by atoms with Crippen LogP contribution in [-0.2, 0) is 16.1 Å². The average molecular weight is 294 g/mol. The summed E-state index contributed by atoms with van der Waals surface area (Å²) in [4.78, 5) is 14.3. The Hall–Kier alpha value is -1.40. The number of aromatic nitrogens is 2. The Morgan fingerprint density at radius 3 is 2.62 bits per heavy atom. The number of aryl methyl sites for hydroxylation is 2. The lowest BCUT2D eigenvalue weighted by Crippen LogP contribution is -2.43. The molecule has 1 fully saturated rings. The minimum absolute atomic E-state index is 0.0150. The van der Waals surface area contributed by atoms with Gasteiger partial charge in [0.15, 0.2) is 0 Å². The molecule has 0 aliphatic carbocycles. The molecule has 21 heavy (non-hydrogen) atoms. The van der Waals surface area contributed by atoms with Gasteiger partial charge in [-0.15, -0.1) is 0 Å². The Morgan fingerprint density at radius 2 is 2.05 bits per heavy atom. The van der Waals surface area contributed by atoms with Gasteiger partial charge in [-0.25, -0.2) is 0 Å². The first-order valence-electron chi connectivity index (χ1n) is 7.66. The van der Waals surface area contributed by atoms with Crippen molar-refractivity contribution in [3.63, 3.8) is 0 Å².